The van der Waals surface area contributed by atoms with E-state index in [-0.39, 0.29) is 72.9 Å². The Kier molecular flexibility index (Phi) is 16.8. The van der Waals surface area contributed by atoms with Crippen molar-refractivity contribution in [3.05, 3.63) is 114 Å². The van der Waals surface area contributed by atoms with Crippen molar-refractivity contribution in [2.75, 3.05) is 81.1 Å². The van der Waals surface area contributed by atoms with E-state index in [0.29, 0.717) is 54.0 Å². The summed E-state index contributed by atoms with van der Waals surface area (Å²) in [7, 11) is 0. The summed E-state index contributed by atoms with van der Waals surface area (Å²) in [4.78, 5) is 49.7. The van der Waals surface area contributed by atoms with Gasteiger partial charge in [0.25, 0.3) is 0 Å². The number of piperidine rings is 1. The largest absolute Gasteiger partial charge is 0.507 e. The summed E-state index contributed by atoms with van der Waals surface area (Å²) in [6.45, 7) is 19.3. The number of hydrogen-bond donors (Lipinski definition) is 4. The second kappa shape index (κ2) is 24.5. The molecule has 1 saturated carbocycles. The van der Waals surface area contributed by atoms with Gasteiger partial charge in [-0.05, 0) is 92.5 Å². The molecule has 2 amide bonds. The van der Waals surface area contributed by atoms with Crippen LogP contribution in [0, 0.1) is 18.8 Å². The minimum absolute atomic E-state index is 0.0791. The highest BCUT2D eigenvalue weighted by molar-refractivity contribution is 7.13. The minimum Gasteiger partial charge on any atom is -0.507 e. The fraction of sp³-hybridized carbons (Fsp3) is 0.524. The van der Waals surface area contributed by atoms with Crippen LogP contribution in [0.3, 0.4) is 0 Å². The van der Waals surface area contributed by atoms with Crippen molar-refractivity contribution in [1.29, 1.82) is 0 Å². The molecule has 5 aromatic rings. The number of carbonyl (C=O) groups excluding carboxylic acids is 2. The van der Waals surface area contributed by atoms with Gasteiger partial charge in [-0.3, -0.25) is 14.5 Å². The van der Waals surface area contributed by atoms with Crippen molar-refractivity contribution in [3.8, 4) is 33.3 Å². The maximum atomic E-state index is 14.5. The number of pyridine rings is 1. The third kappa shape index (κ3) is 12.3. The van der Waals surface area contributed by atoms with E-state index in [1.807, 2.05) is 87.9 Å². The van der Waals surface area contributed by atoms with Crippen LogP contribution in [0.5, 0.6) is 11.6 Å². The molecular weight excluding hydrogens is 1070 g/mol. The molecular formula is C63H79N11O8S. The van der Waals surface area contributed by atoms with Gasteiger partial charge < -0.3 is 59.8 Å². The van der Waals surface area contributed by atoms with E-state index >= 15 is 0 Å². The van der Waals surface area contributed by atoms with E-state index in [0.717, 1.165) is 123 Å². The number of nitrogens with one attached hydrogen (secondary N) is 1. The predicted molar refractivity (Wildman–Crippen MR) is 319 cm³/mol. The second-order valence-electron chi connectivity index (χ2n) is 24.2. The lowest BCUT2D eigenvalue weighted by atomic mass is 9.88. The lowest BCUT2D eigenvalue weighted by molar-refractivity contribution is -0.143. The summed E-state index contributed by atoms with van der Waals surface area (Å²) >= 11 is 1.60. The van der Waals surface area contributed by atoms with Crippen LogP contribution < -0.4 is 25.6 Å². The number of aromatic hydroxyl groups is 1. The van der Waals surface area contributed by atoms with Crippen LogP contribution in [0.25, 0.3) is 21.7 Å². The number of ether oxygens (including phenoxy) is 4. The highest BCUT2D eigenvalue weighted by Gasteiger charge is 2.46. The Morgan fingerprint density at radius 1 is 0.892 bits per heavy atom. The Hall–Kier alpha value is -6.68. The molecule has 7 atom stereocenters. The molecule has 440 valence electrons. The Bertz CT molecular complexity index is 3140. The fourth-order valence-corrected chi connectivity index (χ4v) is 14.3. The van der Waals surface area contributed by atoms with E-state index in [1.54, 1.807) is 28.4 Å². The molecule has 12 rings (SSSR count). The molecule has 19 nitrogen and oxygen atoms in total. The number of thiazole rings is 1. The first-order valence-electron chi connectivity index (χ1n) is 29.8. The molecule has 5 saturated heterocycles. The summed E-state index contributed by atoms with van der Waals surface area (Å²) in [6.07, 6.45) is 9.75. The first kappa shape index (κ1) is 56.8. The average molecular weight is 1150 g/mol. The number of amides is 2. The van der Waals surface area contributed by atoms with Gasteiger partial charge in [0.05, 0.1) is 76.5 Å². The third-order valence-electron chi connectivity index (χ3n) is 18.2. The van der Waals surface area contributed by atoms with Crippen molar-refractivity contribution < 1.29 is 38.7 Å². The molecule has 9 heterocycles. The molecule has 0 radical (unpaired) electrons. The van der Waals surface area contributed by atoms with Gasteiger partial charge >= 0.3 is 0 Å². The number of aliphatic hydroxyl groups excluding tert-OH is 1. The fourth-order valence-electron chi connectivity index (χ4n) is 13.5. The van der Waals surface area contributed by atoms with Crippen LogP contribution >= 0.6 is 11.3 Å². The van der Waals surface area contributed by atoms with Crippen molar-refractivity contribution in [3.63, 3.8) is 0 Å². The molecule has 20 heteroatoms. The number of phenols is 1. The molecule has 6 aliphatic heterocycles. The Morgan fingerprint density at radius 3 is 2.37 bits per heavy atom. The molecule has 2 bridgehead atoms. The van der Waals surface area contributed by atoms with Crippen molar-refractivity contribution in [2.24, 2.45) is 11.8 Å². The normalized spacial score (nSPS) is 25.9. The number of para-hydroxylation sites is 1. The molecule has 3 unspecified atom stereocenters. The summed E-state index contributed by atoms with van der Waals surface area (Å²) in [5.74, 6) is 0.568. The zero-order chi connectivity index (χ0) is 57.5. The van der Waals surface area contributed by atoms with Crippen LogP contribution in [-0.4, -0.2) is 177 Å². The second-order valence-corrected chi connectivity index (χ2v) is 25.1. The number of nitrogen functional groups attached to an aromatic ring is 1. The maximum absolute atomic E-state index is 14.5. The van der Waals surface area contributed by atoms with Crippen LogP contribution in [0.1, 0.15) is 83.0 Å². The van der Waals surface area contributed by atoms with Crippen LogP contribution in [-0.2, 0) is 23.8 Å². The van der Waals surface area contributed by atoms with E-state index in [9.17, 15) is 19.8 Å². The molecule has 83 heavy (non-hydrogen) atoms. The smallest absolute Gasteiger partial charge is 0.243 e. The number of rotatable bonds is 19. The first-order chi connectivity index (χ1) is 40.2. The number of phenolic OH excluding ortho intramolecular Hbond substituents is 1. The van der Waals surface area contributed by atoms with Gasteiger partial charge in [-0.15, -0.1) is 21.5 Å². The van der Waals surface area contributed by atoms with Crippen molar-refractivity contribution in [1.82, 2.24) is 40.2 Å². The number of aromatic nitrogens is 4. The molecule has 1 aliphatic carbocycles. The summed E-state index contributed by atoms with van der Waals surface area (Å²) in [5.41, 5.74) is 15.4. The monoisotopic (exact) mass is 1150 g/mol. The van der Waals surface area contributed by atoms with E-state index in [4.69, 9.17) is 24.7 Å². The first-order valence-corrected chi connectivity index (χ1v) is 30.7. The SMILES string of the molecule is C=C1COC([C@H](C(=O)N2C[C@H](O)C[C@H]2C(=O)N[C@@H](C)c2ccc(-c3scnc3C)cc2)C(C)C)=CC1N1CC(OCCN2CCC(OC3CC(Oc4cc(N5C6CCC5CN(c5cc(-c7ccccc7O)nnc5N)C6)ccn4)C3)CC2)C1. The number of fused-ring (bicyclic) bond motifs is 2. The van der Waals surface area contributed by atoms with Gasteiger partial charge in [0, 0.05) is 107 Å². The quantitative estimate of drug-likeness (QED) is 0.0603. The number of aryl methyl sites for hydroxylation is 1. The van der Waals surface area contributed by atoms with Crippen molar-refractivity contribution in [2.45, 2.75) is 133 Å². The van der Waals surface area contributed by atoms with Gasteiger partial charge in [0.2, 0.25) is 17.7 Å². The number of benzene rings is 2. The van der Waals surface area contributed by atoms with Gasteiger partial charge in [0.15, 0.2) is 5.82 Å². The summed E-state index contributed by atoms with van der Waals surface area (Å²) < 4.78 is 25.7. The Labute approximate surface area is 490 Å². The molecule has 3 aromatic heterocycles. The zero-order valence-corrected chi connectivity index (χ0v) is 48.9. The van der Waals surface area contributed by atoms with Gasteiger partial charge in [-0.1, -0.05) is 56.8 Å². The molecule has 6 fully saturated rings. The van der Waals surface area contributed by atoms with E-state index < -0.39 is 18.1 Å². The number of piperazine rings is 1. The number of anilines is 3. The van der Waals surface area contributed by atoms with E-state index in [1.165, 1.54) is 0 Å². The molecule has 5 N–H and O–H groups in total. The highest BCUT2D eigenvalue weighted by atomic mass is 32.1. The van der Waals surface area contributed by atoms with Crippen LogP contribution in [0.15, 0.2) is 102 Å². The number of nitrogens with zero attached hydrogens (tertiary/aromatic N) is 9. The number of likely N-dealkylation sites (tertiary alicyclic amines) is 3. The third-order valence-corrected chi connectivity index (χ3v) is 19.1. The van der Waals surface area contributed by atoms with Crippen LogP contribution in [0.2, 0.25) is 0 Å². The van der Waals surface area contributed by atoms with Gasteiger partial charge in [0.1, 0.15) is 30.3 Å². The predicted octanol–water partition coefficient (Wildman–Crippen LogP) is 7.16. The van der Waals surface area contributed by atoms with E-state index in [2.05, 4.69) is 63.8 Å². The standard InChI is InChI=1S/C63H79N11O8S/c1-37(2)59(63(78)73-32-46(75)25-55(73)62(77)67-39(4)41-10-12-42(13-11-41)60-40(5)66-36-83-60)57-29-53(38(3)35-80-57)72-33-50(34-72)79-23-22-70-20-17-47(18-21-70)81-48-26-49(27-48)82-58-24-43(16-19-65-58)74-44-14-15-45(74)31-71(30-44)54-28-52(68-69-61(54)64)51-8-6-7-9-56(51)76/h6-13,16,19,24,28-29,36-37,39,44-50,53,55,59,75-76H,3,14-15,17-18,20-23,25-27,30-35H2,1-2,4-5H3,(H2,64,69)(H,67,77)/t39-,44?,45?,46+,48?,49?,53?,55-,59+/m0/s1. The number of β-amino-alcohol motifs (C(OH)–C–C–N with tert-alkyl or cyclic N) is 1. The maximum Gasteiger partial charge on any atom is 0.243 e. The topological polar surface area (TPSA) is 217 Å². The molecule has 2 aromatic carbocycles. The summed E-state index contributed by atoms with van der Waals surface area (Å²) in [6, 6.07) is 20.8. The zero-order valence-electron chi connectivity index (χ0n) is 48.1. The molecule has 0 spiro atoms. The van der Waals surface area contributed by atoms with Gasteiger partial charge in [-0.25, -0.2) is 9.97 Å². The highest BCUT2D eigenvalue weighted by Crippen LogP contribution is 2.41. The number of hydrogen-bond acceptors (Lipinski definition) is 18. The van der Waals surface area contributed by atoms with Crippen LogP contribution in [0.4, 0.5) is 17.2 Å². The number of aliphatic hydroxyl groups is 1. The molecule has 7 aliphatic rings. The van der Waals surface area contributed by atoms with Gasteiger partial charge in [-0.2, -0.15) is 0 Å². The lowest BCUT2D eigenvalue weighted by Gasteiger charge is -2.45. The average Bonchev–Trinajstić information content (AvgIpc) is 4.14. The number of nitrogens with two attached hydrogens (primary N) is 1. The Morgan fingerprint density at radius 2 is 1.65 bits per heavy atom. The lowest BCUT2D eigenvalue weighted by Crippen LogP contribution is -2.58. The van der Waals surface area contributed by atoms with Crippen molar-refractivity contribution >= 4 is 40.3 Å². The summed E-state index contributed by atoms with van der Waals surface area (Å²) in [5, 5.41) is 33.0. The minimum atomic E-state index is -0.805. The number of carbonyl (C=O) groups is 2. The Balaban J connectivity index is 0.554.